The number of nitrogens with zero attached hydrogens (tertiary/aromatic N) is 1. The minimum absolute atomic E-state index is 0.0128. The van der Waals surface area contributed by atoms with Crippen molar-refractivity contribution in [3.63, 3.8) is 0 Å². The standard InChI is InChI=1S/C11H14ClF3N2S/c1-7(6-18-2)4-16-10-9(12)3-8(5-17-10)11(13,14)15/h3,5,7H,4,6H2,1-2H3,(H,16,17). The van der Waals surface area contributed by atoms with Crippen molar-refractivity contribution < 1.29 is 13.2 Å². The number of halogens is 4. The van der Waals surface area contributed by atoms with Crippen LogP contribution in [0.2, 0.25) is 5.02 Å². The molecule has 1 rings (SSSR count). The summed E-state index contributed by atoms with van der Waals surface area (Å²) < 4.78 is 37.2. The molecule has 1 heterocycles. The van der Waals surface area contributed by atoms with Gasteiger partial charge in [0.15, 0.2) is 0 Å². The highest BCUT2D eigenvalue weighted by Crippen LogP contribution is 2.32. The van der Waals surface area contributed by atoms with Gasteiger partial charge in [0.25, 0.3) is 0 Å². The number of rotatable bonds is 5. The SMILES string of the molecule is CSCC(C)CNc1ncc(C(F)(F)F)cc1Cl. The van der Waals surface area contributed by atoms with Gasteiger partial charge < -0.3 is 5.32 Å². The molecule has 0 aliphatic carbocycles. The molecule has 0 amide bonds. The Labute approximate surface area is 113 Å². The molecule has 1 atom stereocenters. The lowest BCUT2D eigenvalue weighted by Crippen LogP contribution is -2.15. The molecular weight excluding hydrogens is 285 g/mol. The van der Waals surface area contributed by atoms with Gasteiger partial charge in [-0.15, -0.1) is 0 Å². The minimum Gasteiger partial charge on any atom is -0.369 e. The van der Waals surface area contributed by atoms with E-state index in [1.807, 2.05) is 13.2 Å². The van der Waals surface area contributed by atoms with E-state index in [1.165, 1.54) is 0 Å². The lowest BCUT2D eigenvalue weighted by molar-refractivity contribution is -0.137. The van der Waals surface area contributed by atoms with E-state index >= 15 is 0 Å². The first-order valence-corrected chi connectivity index (χ1v) is 7.07. The topological polar surface area (TPSA) is 24.9 Å². The molecule has 1 unspecified atom stereocenters. The van der Waals surface area contributed by atoms with Gasteiger partial charge in [0.05, 0.1) is 10.6 Å². The van der Waals surface area contributed by atoms with Crippen molar-refractivity contribution in [3.05, 3.63) is 22.8 Å². The van der Waals surface area contributed by atoms with E-state index in [9.17, 15) is 13.2 Å². The summed E-state index contributed by atoms with van der Waals surface area (Å²) in [5.74, 6) is 1.64. The van der Waals surface area contributed by atoms with E-state index in [1.54, 1.807) is 11.8 Å². The molecule has 0 saturated heterocycles. The fraction of sp³-hybridized carbons (Fsp3) is 0.545. The van der Waals surface area contributed by atoms with E-state index in [2.05, 4.69) is 10.3 Å². The minimum atomic E-state index is -4.42. The molecule has 0 aliphatic rings. The molecule has 1 aromatic heterocycles. The Hall–Kier alpha value is -0.620. The van der Waals surface area contributed by atoms with Gasteiger partial charge in [0.2, 0.25) is 0 Å². The molecule has 102 valence electrons. The first kappa shape index (κ1) is 15.4. The molecule has 0 saturated carbocycles. The van der Waals surface area contributed by atoms with Crippen LogP contribution >= 0.6 is 23.4 Å². The summed E-state index contributed by atoms with van der Waals surface area (Å²) in [6, 6.07) is 0.885. The van der Waals surface area contributed by atoms with Gasteiger partial charge in [0, 0.05) is 12.7 Å². The number of pyridine rings is 1. The van der Waals surface area contributed by atoms with Crippen molar-refractivity contribution in [2.24, 2.45) is 5.92 Å². The second-order valence-electron chi connectivity index (χ2n) is 3.99. The van der Waals surface area contributed by atoms with Crippen LogP contribution in [-0.2, 0) is 6.18 Å². The monoisotopic (exact) mass is 298 g/mol. The number of aromatic nitrogens is 1. The quantitative estimate of drug-likeness (QED) is 0.883. The summed E-state index contributed by atoms with van der Waals surface area (Å²) in [5, 5.41) is 2.94. The second kappa shape index (κ2) is 6.52. The highest BCUT2D eigenvalue weighted by atomic mass is 35.5. The van der Waals surface area contributed by atoms with Crippen LogP contribution in [0.5, 0.6) is 0 Å². The molecule has 2 nitrogen and oxygen atoms in total. The van der Waals surface area contributed by atoms with Gasteiger partial charge in [-0.2, -0.15) is 24.9 Å². The zero-order valence-electron chi connectivity index (χ0n) is 10.0. The maximum absolute atomic E-state index is 12.4. The van der Waals surface area contributed by atoms with Crippen LogP contribution in [0.4, 0.5) is 19.0 Å². The lowest BCUT2D eigenvalue weighted by atomic mass is 10.2. The van der Waals surface area contributed by atoms with E-state index in [4.69, 9.17) is 11.6 Å². The molecule has 0 bridgehead atoms. The third-order valence-electron chi connectivity index (χ3n) is 2.24. The molecule has 0 spiro atoms. The average molecular weight is 299 g/mol. The first-order chi connectivity index (χ1) is 8.34. The van der Waals surface area contributed by atoms with Crippen molar-refractivity contribution in [1.29, 1.82) is 0 Å². The maximum Gasteiger partial charge on any atom is 0.417 e. The number of thioether (sulfide) groups is 1. The van der Waals surface area contributed by atoms with Crippen LogP contribution in [0.3, 0.4) is 0 Å². The number of hydrogen-bond donors (Lipinski definition) is 1. The molecule has 7 heteroatoms. The molecule has 1 N–H and O–H groups in total. The van der Waals surface area contributed by atoms with Crippen LogP contribution in [-0.4, -0.2) is 23.5 Å². The second-order valence-corrected chi connectivity index (χ2v) is 5.31. The van der Waals surface area contributed by atoms with Crippen molar-refractivity contribution in [2.75, 3.05) is 23.9 Å². The van der Waals surface area contributed by atoms with Crippen LogP contribution in [0, 0.1) is 5.92 Å². The zero-order chi connectivity index (χ0) is 13.8. The predicted octanol–water partition coefficient (Wildman–Crippen LogP) is 4.16. The van der Waals surface area contributed by atoms with Gasteiger partial charge in [-0.3, -0.25) is 0 Å². The Bertz CT molecular complexity index is 398. The highest BCUT2D eigenvalue weighted by molar-refractivity contribution is 7.98. The largest absolute Gasteiger partial charge is 0.417 e. The van der Waals surface area contributed by atoms with Gasteiger partial charge in [-0.1, -0.05) is 18.5 Å². The van der Waals surface area contributed by atoms with Crippen molar-refractivity contribution in [2.45, 2.75) is 13.1 Å². The van der Waals surface area contributed by atoms with Crippen molar-refractivity contribution in [3.8, 4) is 0 Å². The fourth-order valence-corrected chi connectivity index (χ4v) is 2.26. The molecule has 0 radical (unpaired) electrons. The number of anilines is 1. The average Bonchev–Trinajstić information content (AvgIpc) is 2.26. The first-order valence-electron chi connectivity index (χ1n) is 5.30. The Kier molecular flexibility index (Phi) is 5.59. The molecule has 0 aromatic carbocycles. The highest BCUT2D eigenvalue weighted by Gasteiger charge is 2.31. The van der Waals surface area contributed by atoms with E-state index < -0.39 is 11.7 Å². The van der Waals surface area contributed by atoms with Gasteiger partial charge in [-0.05, 0) is 24.0 Å². The molecule has 1 aromatic rings. The lowest BCUT2D eigenvalue weighted by Gasteiger charge is -2.13. The summed E-state index contributed by atoms with van der Waals surface area (Å²) >= 11 is 7.48. The third kappa shape index (κ3) is 4.57. The fourth-order valence-electron chi connectivity index (χ4n) is 1.34. The molecule has 18 heavy (non-hydrogen) atoms. The zero-order valence-corrected chi connectivity index (χ0v) is 11.6. The van der Waals surface area contributed by atoms with Gasteiger partial charge in [-0.25, -0.2) is 4.98 Å². The normalized spacial score (nSPS) is 13.4. The van der Waals surface area contributed by atoms with Crippen LogP contribution in [0.25, 0.3) is 0 Å². The summed E-state index contributed by atoms with van der Waals surface area (Å²) in [6.45, 7) is 2.67. The maximum atomic E-state index is 12.4. The Morgan fingerprint density at radius 1 is 1.50 bits per heavy atom. The van der Waals surface area contributed by atoms with Crippen molar-refractivity contribution in [1.82, 2.24) is 4.98 Å². The van der Waals surface area contributed by atoms with Crippen LogP contribution in [0.15, 0.2) is 12.3 Å². The van der Waals surface area contributed by atoms with Crippen LogP contribution in [0.1, 0.15) is 12.5 Å². The van der Waals surface area contributed by atoms with Crippen molar-refractivity contribution >= 4 is 29.2 Å². The Morgan fingerprint density at radius 3 is 2.67 bits per heavy atom. The molecule has 0 aliphatic heterocycles. The summed E-state index contributed by atoms with van der Waals surface area (Å²) in [4.78, 5) is 3.71. The summed E-state index contributed by atoms with van der Waals surface area (Å²) in [7, 11) is 0. The number of alkyl halides is 3. The Morgan fingerprint density at radius 2 is 2.17 bits per heavy atom. The van der Waals surface area contributed by atoms with Gasteiger partial charge >= 0.3 is 6.18 Å². The van der Waals surface area contributed by atoms with Gasteiger partial charge in [0.1, 0.15) is 5.82 Å². The van der Waals surface area contributed by atoms with Crippen LogP contribution < -0.4 is 5.32 Å². The third-order valence-corrected chi connectivity index (χ3v) is 3.43. The van der Waals surface area contributed by atoms with E-state index in [0.29, 0.717) is 12.5 Å². The summed E-state index contributed by atoms with van der Waals surface area (Å²) in [6.07, 6.45) is -1.63. The Balaban J connectivity index is 2.69. The summed E-state index contributed by atoms with van der Waals surface area (Å²) in [5.41, 5.74) is -0.838. The van der Waals surface area contributed by atoms with E-state index in [-0.39, 0.29) is 10.8 Å². The van der Waals surface area contributed by atoms with E-state index in [0.717, 1.165) is 18.0 Å². The molecular formula is C11H14ClF3N2S. The molecule has 0 fully saturated rings. The number of nitrogens with one attached hydrogen (secondary N) is 1. The smallest absolute Gasteiger partial charge is 0.369 e. The predicted molar refractivity (Wildman–Crippen MR) is 70.3 cm³/mol. The number of hydrogen-bond acceptors (Lipinski definition) is 3.